The monoisotopic (exact) mass is 1110 g/mol. The van der Waals surface area contributed by atoms with Crippen LogP contribution in [0.1, 0.15) is 5.56 Å². The molecule has 0 N–H and O–H groups in total. The summed E-state index contributed by atoms with van der Waals surface area (Å²) in [5, 5.41) is 7.12. The molecule has 0 aliphatic heterocycles. The van der Waals surface area contributed by atoms with Gasteiger partial charge in [0.1, 0.15) is 0 Å². The van der Waals surface area contributed by atoms with E-state index in [1.165, 1.54) is 21.5 Å². The van der Waals surface area contributed by atoms with E-state index < -0.39 is 0 Å². The van der Waals surface area contributed by atoms with E-state index in [1.54, 1.807) is 6.08 Å². The number of hydrogen-bond donors (Lipinski definition) is 0. The molecule has 0 amide bonds. The number of hydrogen-bond acceptors (Lipinski definition) is 3. The number of fused-ring (bicyclic) bond motifs is 9. The van der Waals surface area contributed by atoms with E-state index in [0.29, 0.717) is 17.5 Å². The molecule has 0 bridgehead atoms. The zero-order chi connectivity index (χ0) is 57.8. The van der Waals surface area contributed by atoms with Gasteiger partial charge in [0.05, 0.1) is 38.8 Å². The summed E-state index contributed by atoms with van der Waals surface area (Å²) in [6.07, 6.45) is 9.90. The van der Waals surface area contributed by atoms with Gasteiger partial charge in [-0.3, -0.25) is 0 Å². The number of benzene rings is 12. The molecule has 16 rings (SSSR count). The van der Waals surface area contributed by atoms with Crippen molar-refractivity contribution < 1.29 is 0 Å². The fourth-order valence-electron chi connectivity index (χ4n) is 12.9. The molecule has 6 nitrogen and oxygen atoms in total. The summed E-state index contributed by atoms with van der Waals surface area (Å²) in [7, 11) is 0. The topological polar surface area (TPSA) is 53.5 Å². The highest BCUT2D eigenvalue weighted by atomic mass is 15.0. The Bertz CT molecular complexity index is 5040. The first-order chi connectivity index (χ1) is 43.1. The summed E-state index contributed by atoms with van der Waals surface area (Å²) in [5.41, 5.74) is 20.1. The minimum atomic E-state index is 0.570. The Morgan fingerprint density at radius 1 is 0.264 bits per heavy atom. The molecular formula is C81H54N6. The molecule has 0 radical (unpaired) electrons. The van der Waals surface area contributed by atoms with Crippen LogP contribution in [-0.2, 0) is 0 Å². The predicted octanol–water partition coefficient (Wildman–Crippen LogP) is 20.9. The third kappa shape index (κ3) is 8.94. The first-order valence-electron chi connectivity index (χ1n) is 29.4. The van der Waals surface area contributed by atoms with E-state index in [9.17, 15) is 0 Å². The maximum Gasteiger partial charge on any atom is 0.164 e. The average Bonchev–Trinajstić information content (AvgIpc) is 1.88. The summed E-state index contributed by atoms with van der Waals surface area (Å²) < 4.78 is 7.37. The average molecular weight is 1110 g/mol. The van der Waals surface area contributed by atoms with Gasteiger partial charge in [-0.05, 0) is 101 Å². The highest BCUT2D eigenvalue weighted by Gasteiger charge is 2.25. The number of nitrogens with zero attached hydrogens (tertiary/aromatic N) is 6. The van der Waals surface area contributed by atoms with Gasteiger partial charge in [-0.2, -0.15) is 0 Å². The molecule has 87 heavy (non-hydrogen) atoms. The normalized spacial score (nSPS) is 11.9. The summed E-state index contributed by atoms with van der Waals surface area (Å²) >= 11 is 0. The van der Waals surface area contributed by atoms with E-state index in [2.05, 4.69) is 281 Å². The van der Waals surface area contributed by atoms with E-state index in [1.807, 2.05) is 48.6 Å². The SMILES string of the molecule is C=C/C=C\C=C\c1ccc(-c2cc(-c3nc(-c4ccccc4)nc(-c4ccccc4)n3)cc(-c3ccc(-c4ccccc4)cc3)c2-n2c3ccc(-n4c5ccccc5c5ccccc54)cc3c3cc(-n4c5ccccc5c5ccccc54)ccc32)cc1. The molecule has 0 saturated heterocycles. The second-order valence-corrected chi connectivity index (χ2v) is 22.0. The molecular weight excluding hydrogens is 1060 g/mol. The van der Waals surface area contributed by atoms with Crippen LogP contribution >= 0.6 is 0 Å². The highest BCUT2D eigenvalue weighted by molar-refractivity contribution is 6.15. The van der Waals surface area contributed by atoms with Crippen molar-refractivity contribution in [2.75, 3.05) is 0 Å². The molecule has 0 atom stereocenters. The van der Waals surface area contributed by atoms with Gasteiger partial charge in [0, 0.05) is 71.5 Å². The second kappa shape index (κ2) is 21.5. The zero-order valence-corrected chi connectivity index (χ0v) is 47.4. The maximum atomic E-state index is 5.38. The molecule has 16 aromatic rings. The molecule has 0 spiro atoms. The Kier molecular flexibility index (Phi) is 12.6. The Hall–Kier alpha value is -11.7. The van der Waals surface area contributed by atoms with Gasteiger partial charge in [-0.25, -0.2) is 15.0 Å². The van der Waals surface area contributed by atoms with Crippen LogP contribution in [-0.4, -0.2) is 28.7 Å². The predicted molar refractivity (Wildman–Crippen MR) is 364 cm³/mol. The molecule has 408 valence electrons. The lowest BCUT2D eigenvalue weighted by Crippen LogP contribution is -2.04. The van der Waals surface area contributed by atoms with Crippen molar-refractivity contribution in [2.45, 2.75) is 0 Å². The first-order valence-corrected chi connectivity index (χ1v) is 29.4. The van der Waals surface area contributed by atoms with Gasteiger partial charge in [0.15, 0.2) is 17.5 Å². The summed E-state index contributed by atoms with van der Waals surface area (Å²) in [6, 6.07) is 103. The summed E-state index contributed by atoms with van der Waals surface area (Å²) in [5.74, 6) is 1.77. The molecule has 4 aromatic heterocycles. The van der Waals surface area contributed by atoms with Crippen molar-refractivity contribution in [2.24, 2.45) is 0 Å². The lowest BCUT2D eigenvalue weighted by atomic mass is 9.91. The first kappa shape index (κ1) is 51.0. The molecule has 6 heteroatoms. The summed E-state index contributed by atoms with van der Waals surface area (Å²) in [6.45, 7) is 3.87. The van der Waals surface area contributed by atoms with Crippen LogP contribution in [0.2, 0.25) is 0 Å². The minimum Gasteiger partial charge on any atom is -0.309 e. The van der Waals surface area contributed by atoms with Gasteiger partial charge in [-0.15, -0.1) is 0 Å². The van der Waals surface area contributed by atoms with Crippen molar-refractivity contribution in [3.63, 3.8) is 0 Å². The molecule has 0 aliphatic rings. The van der Waals surface area contributed by atoms with Crippen molar-refractivity contribution in [3.05, 3.63) is 322 Å². The van der Waals surface area contributed by atoms with Crippen molar-refractivity contribution in [3.8, 4) is 84.6 Å². The van der Waals surface area contributed by atoms with Crippen LogP contribution in [0.5, 0.6) is 0 Å². The van der Waals surface area contributed by atoms with E-state index in [-0.39, 0.29) is 0 Å². The zero-order valence-electron chi connectivity index (χ0n) is 47.4. The van der Waals surface area contributed by atoms with Crippen LogP contribution < -0.4 is 0 Å². The Balaban J connectivity index is 1.02. The molecule has 0 fully saturated rings. The van der Waals surface area contributed by atoms with Crippen LogP contribution in [0.25, 0.3) is 156 Å². The molecule has 0 aliphatic carbocycles. The smallest absolute Gasteiger partial charge is 0.164 e. The van der Waals surface area contributed by atoms with Crippen molar-refractivity contribution in [1.82, 2.24) is 28.7 Å². The number of para-hydroxylation sites is 4. The fraction of sp³-hybridized carbons (Fsp3) is 0. The van der Waals surface area contributed by atoms with E-state index in [0.717, 1.165) is 117 Å². The lowest BCUT2D eigenvalue weighted by molar-refractivity contribution is 1.07. The van der Waals surface area contributed by atoms with E-state index >= 15 is 0 Å². The molecule has 0 unspecified atom stereocenters. The highest BCUT2D eigenvalue weighted by Crippen LogP contribution is 2.46. The van der Waals surface area contributed by atoms with Crippen LogP contribution in [0, 0.1) is 0 Å². The van der Waals surface area contributed by atoms with Gasteiger partial charge in [0.2, 0.25) is 0 Å². The summed E-state index contributed by atoms with van der Waals surface area (Å²) in [4.78, 5) is 15.9. The van der Waals surface area contributed by atoms with Gasteiger partial charge >= 0.3 is 0 Å². The fourth-order valence-corrected chi connectivity index (χ4v) is 12.9. The minimum absolute atomic E-state index is 0.570. The molecule has 0 saturated carbocycles. The standard InChI is InChI=1S/C81H54N6/c1-2-3-4-8-23-54-38-40-57(41-39-54)68-50-61(81-83-79(59-26-11-6-12-27-59)82-80(84-81)60-28-13-7-14-29-60)51-69(58-44-42-56(43-45-58)55-24-9-5-10-25-55)78(68)87-76-48-46-62(85-72-34-19-15-30-64(72)65-31-16-20-35-73(65)85)52-70(76)71-53-63(47-49-77(71)87)86-74-36-21-17-32-66(74)67-33-18-22-37-75(67)86/h2-53H,1H2/b4-3-,23-8+. The third-order valence-electron chi connectivity index (χ3n) is 16.9. The second-order valence-electron chi connectivity index (χ2n) is 22.0. The molecule has 4 heterocycles. The van der Waals surface area contributed by atoms with Gasteiger partial charge in [0.25, 0.3) is 0 Å². The Morgan fingerprint density at radius 3 is 1.06 bits per heavy atom. The third-order valence-corrected chi connectivity index (χ3v) is 16.9. The van der Waals surface area contributed by atoms with Gasteiger partial charge in [-0.1, -0.05) is 249 Å². The Labute approximate surface area is 503 Å². The van der Waals surface area contributed by atoms with Crippen molar-refractivity contribution >= 4 is 71.5 Å². The maximum absolute atomic E-state index is 5.38. The Morgan fingerprint density at radius 2 is 0.621 bits per heavy atom. The number of rotatable bonds is 12. The van der Waals surface area contributed by atoms with Gasteiger partial charge < -0.3 is 13.7 Å². The van der Waals surface area contributed by atoms with Crippen LogP contribution in [0.15, 0.2) is 316 Å². The lowest BCUT2D eigenvalue weighted by Gasteiger charge is -2.21. The van der Waals surface area contributed by atoms with Crippen LogP contribution in [0.4, 0.5) is 0 Å². The quantitative estimate of drug-likeness (QED) is 0.115. The number of allylic oxidation sites excluding steroid dienone is 4. The van der Waals surface area contributed by atoms with E-state index in [4.69, 9.17) is 15.0 Å². The van der Waals surface area contributed by atoms with Crippen LogP contribution in [0.3, 0.4) is 0 Å². The number of aromatic nitrogens is 6. The van der Waals surface area contributed by atoms with Crippen molar-refractivity contribution in [1.29, 1.82) is 0 Å². The largest absolute Gasteiger partial charge is 0.309 e. The molecule has 12 aromatic carbocycles.